The number of piperidine rings is 1. The van der Waals surface area contributed by atoms with E-state index in [4.69, 9.17) is 4.74 Å². The molecule has 0 spiro atoms. The zero-order valence-electron chi connectivity index (χ0n) is 17.0. The van der Waals surface area contributed by atoms with Crippen molar-refractivity contribution < 1.29 is 14.3 Å². The predicted molar refractivity (Wildman–Crippen MR) is 109 cm³/mol. The first-order valence-corrected chi connectivity index (χ1v) is 10.2. The minimum absolute atomic E-state index is 0.0980. The standard InChI is InChI=1S/C21H32N4O3/c1-17-7-5-6-10-25(17)20(26)15-23-11-13-24(14-12-23)21(27)22-19-9-4-3-8-18(19)16-28-2/h3-4,8-9,17H,5-7,10-16H2,1-2H3,(H,22,27). The van der Waals surface area contributed by atoms with Crippen LogP contribution in [-0.4, -0.2) is 79.1 Å². The molecule has 2 heterocycles. The number of hydrogen-bond donors (Lipinski definition) is 1. The maximum absolute atomic E-state index is 12.6. The highest BCUT2D eigenvalue weighted by atomic mass is 16.5. The van der Waals surface area contributed by atoms with Crippen molar-refractivity contribution >= 4 is 17.6 Å². The first kappa shape index (κ1) is 20.6. The van der Waals surface area contributed by atoms with Crippen LogP contribution in [0.3, 0.4) is 0 Å². The molecular formula is C21H32N4O3. The van der Waals surface area contributed by atoms with Crippen LogP contribution in [0, 0.1) is 0 Å². The average molecular weight is 389 g/mol. The number of carbonyl (C=O) groups is 2. The van der Waals surface area contributed by atoms with Gasteiger partial charge in [0.1, 0.15) is 0 Å². The third-order valence-corrected chi connectivity index (χ3v) is 5.70. The van der Waals surface area contributed by atoms with Gasteiger partial charge in [-0.3, -0.25) is 9.69 Å². The van der Waals surface area contributed by atoms with Crippen LogP contribution in [0.15, 0.2) is 24.3 Å². The summed E-state index contributed by atoms with van der Waals surface area (Å²) in [5.74, 6) is 0.221. The van der Waals surface area contributed by atoms with E-state index in [1.54, 1.807) is 7.11 Å². The van der Waals surface area contributed by atoms with E-state index in [0.717, 1.165) is 43.7 Å². The molecule has 1 N–H and O–H groups in total. The fraction of sp³-hybridized carbons (Fsp3) is 0.619. The summed E-state index contributed by atoms with van der Waals surface area (Å²) in [7, 11) is 1.64. The molecule has 0 aromatic heterocycles. The van der Waals surface area contributed by atoms with Crippen LogP contribution in [0.1, 0.15) is 31.7 Å². The molecule has 7 nitrogen and oxygen atoms in total. The van der Waals surface area contributed by atoms with Crippen LogP contribution < -0.4 is 5.32 Å². The smallest absolute Gasteiger partial charge is 0.321 e. The Balaban J connectivity index is 1.47. The molecule has 28 heavy (non-hydrogen) atoms. The third-order valence-electron chi connectivity index (χ3n) is 5.70. The lowest BCUT2D eigenvalue weighted by atomic mass is 10.0. The van der Waals surface area contributed by atoms with Crippen molar-refractivity contribution in [3.63, 3.8) is 0 Å². The minimum Gasteiger partial charge on any atom is -0.380 e. The first-order chi connectivity index (χ1) is 13.6. The topological polar surface area (TPSA) is 65.1 Å². The highest BCUT2D eigenvalue weighted by molar-refractivity contribution is 5.90. The van der Waals surface area contributed by atoms with Crippen molar-refractivity contribution in [3.8, 4) is 0 Å². The van der Waals surface area contributed by atoms with Crippen LogP contribution in [0.25, 0.3) is 0 Å². The van der Waals surface area contributed by atoms with Gasteiger partial charge in [-0.05, 0) is 32.3 Å². The summed E-state index contributed by atoms with van der Waals surface area (Å²) >= 11 is 0. The van der Waals surface area contributed by atoms with Gasteiger partial charge in [0.05, 0.1) is 13.2 Å². The van der Waals surface area contributed by atoms with E-state index in [1.807, 2.05) is 34.1 Å². The Labute approximate surface area is 167 Å². The Morgan fingerprint density at radius 2 is 1.86 bits per heavy atom. The van der Waals surface area contributed by atoms with Crippen molar-refractivity contribution in [1.29, 1.82) is 0 Å². The number of likely N-dealkylation sites (tertiary alicyclic amines) is 1. The largest absolute Gasteiger partial charge is 0.380 e. The number of ether oxygens (including phenoxy) is 1. The quantitative estimate of drug-likeness (QED) is 0.841. The fourth-order valence-electron chi connectivity index (χ4n) is 3.98. The van der Waals surface area contributed by atoms with Gasteiger partial charge in [0.25, 0.3) is 0 Å². The van der Waals surface area contributed by atoms with Crippen LogP contribution in [0.4, 0.5) is 10.5 Å². The zero-order chi connectivity index (χ0) is 19.9. The van der Waals surface area contributed by atoms with Crippen molar-refractivity contribution in [2.24, 2.45) is 0 Å². The van der Waals surface area contributed by atoms with Crippen molar-refractivity contribution in [3.05, 3.63) is 29.8 Å². The third kappa shape index (κ3) is 5.23. The molecule has 0 aliphatic carbocycles. The molecule has 3 rings (SSSR count). The molecule has 1 unspecified atom stereocenters. The van der Waals surface area contributed by atoms with E-state index >= 15 is 0 Å². The molecule has 1 aromatic rings. The first-order valence-electron chi connectivity index (χ1n) is 10.2. The summed E-state index contributed by atoms with van der Waals surface area (Å²) in [6.07, 6.45) is 3.42. The van der Waals surface area contributed by atoms with E-state index in [-0.39, 0.29) is 11.9 Å². The molecule has 2 aliphatic heterocycles. The Kier molecular flexibility index (Phi) is 7.28. The molecule has 154 valence electrons. The van der Waals surface area contributed by atoms with Gasteiger partial charge in [-0.25, -0.2) is 4.79 Å². The second-order valence-corrected chi connectivity index (χ2v) is 7.72. The van der Waals surface area contributed by atoms with E-state index in [1.165, 1.54) is 6.42 Å². The van der Waals surface area contributed by atoms with Gasteiger partial charge < -0.3 is 19.9 Å². The lowest BCUT2D eigenvalue weighted by Crippen LogP contribution is -2.53. The maximum Gasteiger partial charge on any atom is 0.321 e. The molecule has 2 aliphatic rings. The van der Waals surface area contributed by atoms with Crippen molar-refractivity contribution in [1.82, 2.24) is 14.7 Å². The summed E-state index contributed by atoms with van der Waals surface area (Å²) in [5.41, 5.74) is 1.74. The summed E-state index contributed by atoms with van der Waals surface area (Å²) in [6.45, 7) is 6.63. The molecule has 1 aromatic carbocycles. The predicted octanol–water partition coefficient (Wildman–Crippen LogP) is 2.38. The van der Waals surface area contributed by atoms with Crippen LogP contribution in [0.5, 0.6) is 0 Å². The van der Waals surface area contributed by atoms with Crippen molar-refractivity contribution in [2.75, 3.05) is 51.7 Å². The summed E-state index contributed by atoms with van der Waals surface area (Å²) in [5, 5.41) is 2.99. The number of hydrogen-bond acceptors (Lipinski definition) is 4. The fourth-order valence-corrected chi connectivity index (χ4v) is 3.98. The van der Waals surface area contributed by atoms with Gasteiger partial charge in [-0.2, -0.15) is 0 Å². The maximum atomic E-state index is 12.6. The molecule has 2 fully saturated rings. The number of piperazine rings is 1. The summed E-state index contributed by atoms with van der Waals surface area (Å²) < 4.78 is 5.20. The average Bonchev–Trinajstić information content (AvgIpc) is 2.70. The van der Waals surface area contributed by atoms with Gasteiger partial charge >= 0.3 is 6.03 Å². The van der Waals surface area contributed by atoms with E-state index in [0.29, 0.717) is 32.3 Å². The second-order valence-electron chi connectivity index (χ2n) is 7.72. The summed E-state index contributed by atoms with van der Waals surface area (Å²) in [6, 6.07) is 7.92. The monoisotopic (exact) mass is 388 g/mol. The normalized spacial score (nSPS) is 20.9. The number of amides is 3. The van der Waals surface area contributed by atoms with Crippen LogP contribution in [0.2, 0.25) is 0 Å². The number of methoxy groups -OCH3 is 1. The van der Waals surface area contributed by atoms with Crippen LogP contribution >= 0.6 is 0 Å². The molecule has 0 saturated carbocycles. The highest BCUT2D eigenvalue weighted by Crippen LogP contribution is 2.18. The Hall–Kier alpha value is -2.12. The lowest BCUT2D eigenvalue weighted by Gasteiger charge is -2.38. The molecule has 0 radical (unpaired) electrons. The number of anilines is 1. The van der Waals surface area contributed by atoms with E-state index in [2.05, 4.69) is 17.1 Å². The van der Waals surface area contributed by atoms with Gasteiger partial charge in [-0.1, -0.05) is 18.2 Å². The number of nitrogens with one attached hydrogen (secondary N) is 1. The second kappa shape index (κ2) is 9.89. The van der Waals surface area contributed by atoms with E-state index < -0.39 is 0 Å². The van der Waals surface area contributed by atoms with Gasteiger partial charge in [0.15, 0.2) is 0 Å². The number of nitrogens with zero attached hydrogens (tertiary/aromatic N) is 3. The number of carbonyl (C=O) groups excluding carboxylic acids is 2. The highest BCUT2D eigenvalue weighted by Gasteiger charge is 2.27. The SMILES string of the molecule is COCc1ccccc1NC(=O)N1CCN(CC(=O)N2CCCCC2C)CC1. The van der Waals surface area contributed by atoms with E-state index in [9.17, 15) is 9.59 Å². The Bertz CT molecular complexity index is 673. The minimum atomic E-state index is -0.0980. The summed E-state index contributed by atoms with van der Waals surface area (Å²) in [4.78, 5) is 31.2. The molecule has 7 heteroatoms. The molecule has 3 amide bonds. The van der Waals surface area contributed by atoms with Crippen molar-refractivity contribution in [2.45, 2.75) is 38.8 Å². The van der Waals surface area contributed by atoms with Gasteiger partial charge in [-0.15, -0.1) is 0 Å². The van der Waals surface area contributed by atoms with Gasteiger partial charge in [0, 0.05) is 57.1 Å². The number of para-hydroxylation sites is 1. The molecule has 1 atom stereocenters. The number of rotatable bonds is 5. The molecule has 0 bridgehead atoms. The zero-order valence-corrected chi connectivity index (χ0v) is 17.0. The molecule has 2 saturated heterocycles. The number of benzene rings is 1. The Morgan fingerprint density at radius 3 is 2.57 bits per heavy atom. The Morgan fingerprint density at radius 1 is 1.11 bits per heavy atom. The number of urea groups is 1. The van der Waals surface area contributed by atoms with Gasteiger partial charge in [0.2, 0.25) is 5.91 Å². The molecular weight excluding hydrogens is 356 g/mol. The lowest BCUT2D eigenvalue weighted by molar-refractivity contribution is -0.136. The van der Waals surface area contributed by atoms with Crippen LogP contribution in [-0.2, 0) is 16.1 Å².